The highest BCUT2D eigenvalue weighted by molar-refractivity contribution is 7.19. The van der Waals surface area contributed by atoms with Crippen molar-refractivity contribution in [3.63, 3.8) is 0 Å². The number of alkyl halides is 3. The summed E-state index contributed by atoms with van der Waals surface area (Å²) < 4.78 is 41.1. The van der Waals surface area contributed by atoms with Gasteiger partial charge >= 0.3 is 6.18 Å². The van der Waals surface area contributed by atoms with Crippen LogP contribution in [0.3, 0.4) is 0 Å². The van der Waals surface area contributed by atoms with E-state index in [0.717, 1.165) is 5.56 Å². The predicted molar refractivity (Wildman–Crippen MR) is 56.5 cm³/mol. The molecule has 0 aromatic carbocycles. The molecule has 2 rings (SSSR count). The molecule has 4 nitrogen and oxygen atoms in total. The molecule has 2 aromatic heterocycles. The molecule has 0 aliphatic heterocycles. The SMILES string of the molecule is Cc1cc(N)sc1-c1nc(CC(F)(F)F)no1. The lowest BCUT2D eigenvalue weighted by Gasteiger charge is -1.99. The van der Waals surface area contributed by atoms with Gasteiger partial charge < -0.3 is 10.3 Å². The first-order chi connectivity index (χ1) is 7.85. The summed E-state index contributed by atoms with van der Waals surface area (Å²) in [7, 11) is 0. The van der Waals surface area contributed by atoms with E-state index in [-0.39, 0.29) is 11.7 Å². The van der Waals surface area contributed by atoms with Gasteiger partial charge in [0.25, 0.3) is 5.89 Å². The molecular weight excluding hydrogens is 255 g/mol. The fraction of sp³-hybridized carbons (Fsp3) is 0.333. The highest BCUT2D eigenvalue weighted by atomic mass is 32.1. The van der Waals surface area contributed by atoms with E-state index in [2.05, 4.69) is 10.1 Å². The molecule has 0 aliphatic rings. The normalized spacial score (nSPS) is 12.0. The van der Waals surface area contributed by atoms with Crippen molar-refractivity contribution >= 4 is 16.3 Å². The smallest absolute Gasteiger partial charge is 0.391 e. The largest absolute Gasteiger partial charge is 0.396 e. The zero-order valence-corrected chi connectivity index (χ0v) is 9.52. The van der Waals surface area contributed by atoms with Gasteiger partial charge in [-0.25, -0.2) is 0 Å². The number of hydrogen-bond donors (Lipinski definition) is 1. The second kappa shape index (κ2) is 4.02. The van der Waals surface area contributed by atoms with Crippen molar-refractivity contribution in [2.75, 3.05) is 5.73 Å². The molecule has 0 radical (unpaired) electrons. The van der Waals surface area contributed by atoms with Crippen molar-refractivity contribution in [3.8, 4) is 10.8 Å². The molecule has 92 valence electrons. The van der Waals surface area contributed by atoms with E-state index >= 15 is 0 Å². The quantitative estimate of drug-likeness (QED) is 0.904. The van der Waals surface area contributed by atoms with Gasteiger partial charge in [0.1, 0.15) is 6.42 Å². The van der Waals surface area contributed by atoms with Gasteiger partial charge in [-0.3, -0.25) is 0 Å². The number of thiophene rings is 1. The minimum atomic E-state index is -4.34. The van der Waals surface area contributed by atoms with Gasteiger partial charge in [0.15, 0.2) is 5.82 Å². The van der Waals surface area contributed by atoms with Crippen molar-refractivity contribution in [2.45, 2.75) is 19.5 Å². The van der Waals surface area contributed by atoms with Crippen molar-refractivity contribution in [3.05, 3.63) is 17.5 Å². The van der Waals surface area contributed by atoms with Crippen LogP contribution in [-0.4, -0.2) is 16.3 Å². The summed E-state index contributed by atoms with van der Waals surface area (Å²) in [5.74, 6) is -0.303. The van der Waals surface area contributed by atoms with E-state index in [1.807, 2.05) is 0 Å². The van der Waals surface area contributed by atoms with Crippen LogP contribution in [0.25, 0.3) is 10.8 Å². The molecular formula is C9H8F3N3OS. The summed E-state index contributed by atoms with van der Waals surface area (Å²) in [5.41, 5.74) is 6.37. The summed E-state index contributed by atoms with van der Waals surface area (Å²) in [6.45, 7) is 1.77. The molecule has 0 fully saturated rings. The van der Waals surface area contributed by atoms with Crippen LogP contribution < -0.4 is 5.73 Å². The zero-order valence-electron chi connectivity index (χ0n) is 8.71. The zero-order chi connectivity index (χ0) is 12.6. The number of halogens is 3. The molecule has 17 heavy (non-hydrogen) atoms. The fourth-order valence-corrected chi connectivity index (χ4v) is 2.18. The molecule has 0 atom stereocenters. The van der Waals surface area contributed by atoms with Gasteiger partial charge in [-0.05, 0) is 18.6 Å². The Hall–Kier alpha value is -1.57. The Labute approximate surface area is 98.2 Å². The van der Waals surface area contributed by atoms with Crippen molar-refractivity contribution in [2.24, 2.45) is 0 Å². The van der Waals surface area contributed by atoms with Gasteiger partial charge in [-0.2, -0.15) is 18.2 Å². The Morgan fingerprint density at radius 3 is 2.71 bits per heavy atom. The second-order valence-electron chi connectivity index (χ2n) is 3.47. The summed E-state index contributed by atoms with van der Waals surface area (Å²) in [6, 6.07) is 1.70. The first kappa shape index (κ1) is 11.9. The van der Waals surface area contributed by atoms with Gasteiger partial charge in [0, 0.05) is 0 Å². The minimum Gasteiger partial charge on any atom is -0.391 e. The second-order valence-corrected chi connectivity index (χ2v) is 4.55. The van der Waals surface area contributed by atoms with Crippen molar-refractivity contribution in [1.82, 2.24) is 10.1 Å². The topological polar surface area (TPSA) is 64.9 Å². The lowest BCUT2D eigenvalue weighted by molar-refractivity contribution is -0.128. The maximum Gasteiger partial charge on any atom is 0.396 e. The van der Waals surface area contributed by atoms with Crippen molar-refractivity contribution in [1.29, 1.82) is 0 Å². The lowest BCUT2D eigenvalue weighted by atomic mass is 10.3. The van der Waals surface area contributed by atoms with E-state index in [1.54, 1.807) is 13.0 Å². The Morgan fingerprint density at radius 2 is 2.18 bits per heavy atom. The first-order valence-corrected chi connectivity index (χ1v) is 5.42. The number of aromatic nitrogens is 2. The van der Waals surface area contributed by atoms with E-state index in [0.29, 0.717) is 9.88 Å². The average Bonchev–Trinajstić information content (AvgIpc) is 2.70. The van der Waals surface area contributed by atoms with Gasteiger partial charge in [0.05, 0.1) is 9.88 Å². The van der Waals surface area contributed by atoms with Crippen LogP contribution in [0, 0.1) is 6.92 Å². The van der Waals surface area contributed by atoms with Crippen LogP contribution in [-0.2, 0) is 6.42 Å². The Balaban J connectivity index is 2.27. The van der Waals surface area contributed by atoms with Crippen LogP contribution in [0.4, 0.5) is 18.2 Å². The highest BCUT2D eigenvalue weighted by Gasteiger charge is 2.31. The summed E-state index contributed by atoms with van der Waals surface area (Å²) in [4.78, 5) is 4.30. The fourth-order valence-electron chi connectivity index (χ4n) is 1.32. The molecule has 0 amide bonds. The number of anilines is 1. The molecule has 2 N–H and O–H groups in total. The number of aryl methyl sites for hydroxylation is 1. The average molecular weight is 263 g/mol. The van der Waals surface area contributed by atoms with E-state index in [4.69, 9.17) is 10.3 Å². The van der Waals surface area contributed by atoms with E-state index in [9.17, 15) is 13.2 Å². The van der Waals surface area contributed by atoms with Crippen LogP contribution in [0.2, 0.25) is 0 Å². The van der Waals surface area contributed by atoms with E-state index in [1.165, 1.54) is 11.3 Å². The van der Waals surface area contributed by atoms with Crippen molar-refractivity contribution < 1.29 is 17.7 Å². The number of rotatable bonds is 2. The molecule has 0 saturated carbocycles. The number of nitrogens with zero attached hydrogens (tertiary/aromatic N) is 2. The Bertz CT molecular complexity index is 532. The molecule has 0 aliphatic carbocycles. The number of nitrogen functional groups attached to an aromatic ring is 1. The van der Waals surface area contributed by atoms with Gasteiger partial charge in [-0.15, -0.1) is 11.3 Å². The highest BCUT2D eigenvalue weighted by Crippen LogP contribution is 2.33. The Morgan fingerprint density at radius 1 is 1.47 bits per heavy atom. The molecule has 0 unspecified atom stereocenters. The number of nitrogens with two attached hydrogens (primary N) is 1. The third-order valence-electron chi connectivity index (χ3n) is 1.96. The molecule has 8 heteroatoms. The van der Waals surface area contributed by atoms with E-state index < -0.39 is 12.6 Å². The van der Waals surface area contributed by atoms with Gasteiger partial charge in [-0.1, -0.05) is 5.16 Å². The predicted octanol–water partition coefficient (Wildman–Crippen LogP) is 2.79. The third-order valence-corrected chi connectivity index (χ3v) is 3.01. The monoisotopic (exact) mass is 263 g/mol. The summed E-state index contributed by atoms with van der Waals surface area (Å²) >= 11 is 1.20. The molecule has 0 bridgehead atoms. The standard InChI is InChI=1S/C9H8F3N3OS/c1-4-2-5(13)17-7(4)8-14-6(15-16-8)3-9(10,11)12/h2H,3,13H2,1H3. The maximum absolute atomic E-state index is 12.1. The van der Waals surface area contributed by atoms with Gasteiger partial charge in [0.2, 0.25) is 0 Å². The third kappa shape index (κ3) is 2.76. The van der Waals surface area contributed by atoms with Crippen LogP contribution >= 0.6 is 11.3 Å². The van der Waals surface area contributed by atoms with Crippen LogP contribution in [0.15, 0.2) is 10.6 Å². The molecule has 2 heterocycles. The maximum atomic E-state index is 12.1. The lowest BCUT2D eigenvalue weighted by Crippen LogP contribution is -2.12. The summed E-state index contributed by atoms with van der Waals surface area (Å²) in [5, 5.41) is 3.84. The summed E-state index contributed by atoms with van der Waals surface area (Å²) in [6.07, 6.45) is -5.54. The first-order valence-electron chi connectivity index (χ1n) is 4.61. The van der Waals surface area contributed by atoms with Crippen LogP contribution in [0.1, 0.15) is 11.4 Å². The molecule has 2 aromatic rings. The number of hydrogen-bond acceptors (Lipinski definition) is 5. The molecule has 0 saturated heterocycles. The minimum absolute atomic E-state index is 0.0726. The molecule has 0 spiro atoms. The Kier molecular flexibility index (Phi) is 2.82. The van der Waals surface area contributed by atoms with Crippen LogP contribution in [0.5, 0.6) is 0 Å².